The van der Waals surface area contributed by atoms with Gasteiger partial charge in [0.2, 0.25) is 0 Å². The molecule has 170 valence electrons. The Labute approximate surface area is 207 Å². The molecule has 0 N–H and O–H groups in total. The Morgan fingerprint density at radius 2 is 1.49 bits per heavy atom. The van der Waals surface area contributed by atoms with E-state index in [1.807, 2.05) is 6.08 Å². The van der Waals surface area contributed by atoms with Crippen LogP contribution < -0.4 is 0 Å². The molecule has 0 fully saturated rings. The summed E-state index contributed by atoms with van der Waals surface area (Å²) in [7, 11) is 0. The number of aromatic nitrogens is 1. The number of para-hydroxylation sites is 1. The summed E-state index contributed by atoms with van der Waals surface area (Å²) >= 11 is 0. The van der Waals surface area contributed by atoms with Gasteiger partial charge in [0.15, 0.2) is 0 Å². The molecular weight excluding hydrogens is 422 g/mol. The minimum absolute atomic E-state index is 0.447. The van der Waals surface area contributed by atoms with Gasteiger partial charge in [-0.05, 0) is 77.4 Å². The van der Waals surface area contributed by atoms with Gasteiger partial charge in [-0.3, -0.25) is 0 Å². The number of fused-ring (bicyclic) bond motifs is 3. The topological polar surface area (TPSA) is 4.93 Å². The summed E-state index contributed by atoms with van der Waals surface area (Å²) in [6, 6.07) is 35.3. The Morgan fingerprint density at radius 3 is 2.20 bits per heavy atom. The second-order valence-corrected chi connectivity index (χ2v) is 9.66. The standard InChI is InChI=1S/C34H29N/c1-4-25-12-16-26(17-13-25)28-18-19-33-31(21-28)32-22-30(27-14-10-23(2)11-15-27)24(3)20-34(32)35(33)29-8-6-5-7-9-29/h4-19,21-22,24H,1,20H2,2-3H3. The van der Waals surface area contributed by atoms with Gasteiger partial charge in [0.1, 0.15) is 0 Å². The summed E-state index contributed by atoms with van der Waals surface area (Å²) in [5.41, 5.74) is 12.9. The molecule has 1 aliphatic carbocycles. The van der Waals surface area contributed by atoms with Gasteiger partial charge in [-0.1, -0.05) is 97.9 Å². The molecule has 35 heavy (non-hydrogen) atoms. The lowest BCUT2D eigenvalue weighted by atomic mass is 9.83. The van der Waals surface area contributed by atoms with E-state index in [0.717, 1.165) is 12.0 Å². The molecule has 0 spiro atoms. The fourth-order valence-electron chi connectivity index (χ4n) is 5.41. The number of allylic oxidation sites excluding steroid dienone is 1. The Balaban J connectivity index is 1.59. The average Bonchev–Trinajstić information content (AvgIpc) is 3.21. The van der Waals surface area contributed by atoms with E-state index < -0.39 is 0 Å². The van der Waals surface area contributed by atoms with E-state index in [9.17, 15) is 0 Å². The first-order chi connectivity index (χ1) is 17.1. The van der Waals surface area contributed by atoms with Gasteiger partial charge in [0.05, 0.1) is 5.52 Å². The lowest BCUT2D eigenvalue weighted by Crippen LogP contribution is -2.12. The largest absolute Gasteiger partial charge is 0.313 e. The Kier molecular flexibility index (Phi) is 5.26. The molecule has 1 aliphatic rings. The van der Waals surface area contributed by atoms with Crippen molar-refractivity contribution < 1.29 is 0 Å². The Hall–Kier alpha value is -4.10. The van der Waals surface area contributed by atoms with Crippen LogP contribution in [0.15, 0.2) is 104 Å². The van der Waals surface area contributed by atoms with E-state index in [-0.39, 0.29) is 0 Å². The van der Waals surface area contributed by atoms with E-state index in [1.165, 1.54) is 55.7 Å². The smallest absolute Gasteiger partial charge is 0.0538 e. The van der Waals surface area contributed by atoms with Gasteiger partial charge in [0.25, 0.3) is 0 Å². The fourth-order valence-corrected chi connectivity index (χ4v) is 5.41. The maximum absolute atomic E-state index is 3.89. The molecule has 1 heteroatoms. The minimum atomic E-state index is 0.447. The molecule has 5 aromatic rings. The number of benzene rings is 4. The first kappa shape index (κ1) is 21.4. The summed E-state index contributed by atoms with van der Waals surface area (Å²) in [5, 5.41) is 1.31. The lowest BCUT2D eigenvalue weighted by Gasteiger charge is -2.24. The first-order valence-electron chi connectivity index (χ1n) is 12.4. The molecule has 1 atom stereocenters. The van der Waals surface area contributed by atoms with E-state index in [0.29, 0.717) is 5.92 Å². The van der Waals surface area contributed by atoms with Crippen molar-refractivity contribution in [2.24, 2.45) is 5.92 Å². The highest BCUT2D eigenvalue weighted by Crippen LogP contribution is 2.42. The van der Waals surface area contributed by atoms with Crippen LogP contribution in [0, 0.1) is 12.8 Å². The van der Waals surface area contributed by atoms with Crippen LogP contribution in [0.5, 0.6) is 0 Å². The molecule has 6 rings (SSSR count). The molecule has 1 aromatic heterocycles. The van der Waals surface area contributed by atoms with Crippen LogP contribution in [0.1, 0.15) is 34.9 Å². The molecular formula is C34H29N. The van der Waals surface area contributed by atoms with Crippen molar-refractivity contribution in [3.05, 3.63) is 132 Å². The van der Waals surface area contributed by atoms with Gasteiger partial charge in [-0.15, -0.1) is 0 Å². The number of hydrogen-bond donors (Lipinski definition) is 0. The maximum atomic E-state index is 3.89. The Bertz CT molecular complexity index is 1560. The fraction of sp³-hybridized carbons (Fsp3) is 0.118. The highest BCUT2D eigenvalue weighted by Gasteiger charge is 2.26. The predicted molar refractivity (Wildman–Crippen MR) is 151 cm³/mol. The second-order valence-electron chi connectivity index (χ2n) is 9.66. The summed E-state index contributed by atoms with van der Waals surface area (Å²) in [5.74, 6) is 0.447. The summed E-state index contributed by atoms with van der Waals surface area (Å²) < 4.78 is 2.47. The second kappa shape index (κ2) is 8.60. The average molecular weight is 452 g/mol. The number of hydrogen-bond acceptors (Lipinski definition) is 0. The van der Waals surface area contributed by atoms with Gasteiger partial charge < -0.3 is 4.57 Å². The van der Waals surface area contributed by atoms with Crippen molar-refractivity contribution in [1.29, 1.82) is 0 Å². The van der Waals surface area contributed by atoms with Crippen molar-refractivity contribution >= 4 is 28.6 Å². The van der Waals surface area contributed by atoms with Crippen molar-refractivity contribution in [1.82, 2.24) is 4.57 Å². The van der Waals surface area contributed by atoms with Crippen LogP contribution in [0.4, 0.5) is 0 Å². The maximum Gasteiger partial charge on any atom is 0.0538 e. The summed E-state index contributed by atoms with van der Waals surface area (Å²) in [6.07, 6.45) is 5.35. The number of nitrogens with zero attached hydrogens (tertiary/aromatic N) is 1. The predicted octanol–water partition coefficient (Wildman–Crippen LogP) is 8.98. The molecule has 1 nitrogen and oxygen atoms in total. The third-order valence-electron chi connectivity index (χ3n) is 7.32. The Morgan fingerprint density at radius 1 is 0.800 bits per heavy atom. The summed E-state index contributed by atoms with van der Waals surface area (Å²) in [6.45, 7) is 8.39. The molecule has 0 radical (unpaired) electrons. The van der Waals surface area contributed by atoms with Gasteiger partial charge in [-0.25, -0.2) is 0 Å². The van der Waals surface area contributed by atoms with Crippen LogP contribution in [-0.2, 0) is 6.42 Å². The van der Waals surface area contributed by atoms with Crippen LogP contribution in [0.25, 0.3) is 45.4 Å². The highest BCUT2D eigenvalue weighted by atomic mass is 15.0. The molecule has 1 unspecified atom stereocenters. The molecule has 0 saturated carbocycles. The lowest BCUT2D eigenvalue weighted by molar-refractivity contribution is 0.708. The molecule has 0 saturated heterocycles. The zero-order chi connectivity index (χ0) is 23.9. The third kappa shape index (κ3) is 3.74. The third-order valence-corrected chi connectivity index (χ3v) is 7.32. The molecule has 1 heterocycles. The highest BCUT2D eigenvalue weighted by molar-refractivity contribution is 6.01. The molecule has 4 aromatic carbocycles. The zero-order valence-corrected chi connectivity index (χ0v) is 20.3. The minimum Gasteiger partial charge on any atom is -0.313 e. The van der Waals surface area contributed by atoms with Crippen LogP contribution in [0.2, 0.25) is 0 Å². The van der Waals surface area contributed by atoms with Gasteiger partial charge in [0, 0.05) is 22.3 Å². The van der Waals surface area contributed by atoms with E-state index in [4.69, 9.17) is 0 Å². The van der Waals surface area contributed by atoms with Crippen molar-refractivity contribution in [3.8, 4) is 16.8 Å². The van der Waals surface area contributed by atoms with E-state index in [2.05, 4.69) is 128 Å². The van der Waals surface area contributed by atoms with E-state index >= 15 is 0 Å². The number of aryl methyl sites for hydroxylation is 1. The van der Waals surface area contributed by atoms with Gasteiger partial charge in [-0.2, -0.15) is 0 Å². The quantitative estimate of drug-likeness (QED) is 0.257. The van der Waals surface area contributed by atoms with Crippen molar-refractivity contribution in [2.75, 3.05) is 0 Å². The molecule has 0 aliphatic heterocycles. The normalized spacial score (nSPS) is 15.0. The zero-order valence-electron chi connectivity index (χ0n) is 20.3. The number of rotatable bonds is 4. The van der Waals surface area contributed by atoms with Crippen LogP contribution >= 0.6 is 0 Å². The SMILES string of the molecule is C=Cc1ccc(-c2ccc3c(c2)c2c(n3-c3ccccc3)CC(C)C(c3ccc(C)cc3)=C2)cc1. The van der Waals surface area contributed by atoms with Crippen molar-refractivity contribution in [2.45, 2.75) is 20.3 Å². The molecule has 0 bridgehead atoms. The first-order valence-corrected chi connectivity index (χ1v) is 12.4. The summed E-state index contributed by atoms with van der Waals surface area (Å²) in [4.78, 5) is 0. The van der Waals surface area contributed by atoms with Gasteiger partial charge >= 0.3 is 0 Å². The van der Waals surface area contributed by atoms with Crippen molar-refractivity contribution in [3.63, 3.8) is 0 Å². The molecule has 0 amide bonds. The van der Waals surface area contributed by atoms with Crippen LogP contribution in [0.3, 0.4) is 0 Å². The van der Waals surface area contributed by atoms with E-state index in [1.54, 1.807) is 0 Å². The van der Waals surface area contributed by atoms with Crippen LogP contribution in [-0.4, -0.2) is 4.57 Å². The monoisotopic (exact) mass is 451 g/mol.